The molecule has 0 spiro atoms. The van der Waals surface area contributed by atoms with E-state index in [1.54, 1.807) is 12.1 Å². The molecule has 1 aromatic carbocycles. The molecule has 0 amide bonds. The van der Waals surface area contributed by atoms with E-state index in [1.807, 2.05) is 6.92 Å². The Morgan fingerprint density at radius 1 is 1.05 bits per heavy atom. The molecule has 0 aliphatic carbocycles. The monoisotopic (exact) mass is 273 g/mol. The van der Waals surface area contributed by atoms with Gasteiger partial charge in [0.1, 0.15) is 0 Å². The maximum Gasteiger partial charge on any atom is 0.416 e. The summed E-state index contributed by atoms with van der Waals surface area (Å²) in [5.41, 5.74) is 0.304. The molecule has 0 heterocycles. The van der Waals surface area contributed by atoms with Gasteiger partial charge in [0.2, 0.25) is 0 Å². The average molecular weight is 273 g/mol. The van der Waals surface area contributed by atoms with Crippen LogP contribution in [0.5, 0.6) is 0 Å². The van der Waals surface area contributed by atoms with E-state index in [9.17, 15) is 13.2 Å². The maximum atomic E-state index is 12.6. The molecule has 0 saturated carbocycles. The summed E-state index contributed by atoms with van der Waals surface area (Å²) in [5.74, 6) is 0. The van der Waals surface area contributed by atoms with Crippen molar-refractivity contribution in [1.29, 1.82) is 0 Å². The molecule has 108 valence electrons. The van der Waals surface area contributed by atoms with Gasteiger partial charge in [0.15, 0.2) is 0 Å². The predicted molar refractivity (Wildman–Crippen MR) is 71.9 cm³/mol. The minimum absolute atomic E-state index is 0.00421. The summed E-state index contributed by atoms with van der Waals surface area (Å²) in [5, 5.41) is 3.37. The van der Waals surface area contributed by atoms with Gasteiger partial charge in [-0.2, -0.15) is 13.2 Å². The number of halogens is 3. The lowest BCUT2D eigenvalue weighted by atomic mass is 9.78. The molecule has 0 aliphatic heterocycles. The van der Waals surface area contributed by atoms with E-state index in [1.165, 1.54) is 0 Å². The lowest BCUT2D eigenvalue weighted by Gasteiger charge is -2.34. The molecule has 0 saturated heterocycles. The van der Waals surface area contributed by atoms with Crippen molar-refractivity contribution >= 4 is 0 Å². The second-order valence-electron chi connectivity index (χ2n) is 5.45. The molecule has 1 rings (SSSR count). The quantitative estimate of drug-likeness (QED) is 0.813. The van der Waals surface area contributed by atoms with Gasteiger partial charge in [-0.25, -0.2) is 0 Å². The Bertz CT molecular complexity index is 393. The van der Waals surface area contributed by atoms with Gasteiger partial charge < -0.3 is 5.32 Å². The zero-order chi connectivity index (χ0) is 14.7. The van der Waals surface area contributed by atoms with Crippen molar-refractivity contribution in [3.05, 3.63) is 35.4 Å². The lowest BCUT2D eigenvalue weighted by molar-refractivity contribution is -0.137. The smallest absolute Gasteiger partial charge is 0.310 e. The van der Waals surface area contributed by atoms with Crippen LogP contribution in [0.2, 0.25) is 0 Å². The molecule has 1 nitrogen and oxygen atoms in total. The zero-order valence-electron chi connectivity index (χ0n) is 11.9. The summed E-state index contributed by atoms with van der Waals surface area (Å²) in [4.78, 5) is 0. The van der Waals surface area contributed by atoms with E-state index in [2.05, 4.69) is 26.1 Å². The Morgan fingerprint density at radius 2 is 1.58 bits per heavy atom. The number of hydrogen-bond acceptors (Lipinski definition) is 1. The van der Waals surface area contributed by atoms with Gasteiger partial charge in [0.05, 0.1) is 5.56 Å². The first-order chi connectivity index (χ1) is 8.72. The highest BCUT2D eigenvalue weighted by atomic mass is 19.4. The average Bonchev–Trinajstić information content (AvgIpc) is 2.35. The van der Waals surface area contributed by atoms with Crippen LogP contribution in [0.4, 0.5) is 13.2 Å². The first-order valence-corrected chi connectivity index (χ1v) is 6.63. The first kappa shape index (κ1) is 16.0. The molecule has 19 heavy (non-hydrogen) atoms. The van der Waals surface area contributed by atoms with E-state index in [-0.39, 0.29) is 11.5 Å². The van der Waals surface area contributed by atoms with E-state index >= 15 is 0 Å². The minimum atomic E-state index is -4.27. The van der Waals surface area contributed by atoms with Crippen LogP contribution in [-0.4, -0.2) is 6.54 Å². The van der Waals surface area contributed by atoms with Crippen molar-refractivity contribution in [2.75, 3.05) is 6.54 Å². The highest BCUT2D eigenvalue weighted by Crippen LogP contribution is 2.37. The second-order valence-corrected chi connectivity index (χ2v) is 5.45. The number of alkyl halides is 3. The largest absolute Gasteiger partial charge is 0.416 e. The van der Waals surface area contributed by atoms with Crippen LogP contribution >= 0.6 is 0 Å². The van der Waals surface area contributed by atoms with Gasteiger partial charge in [0, 0.05) is 6.04 Å². The maximum absolute atomic E-state index is 12.6. The van der Waals surface area contributed by atoms with E-state index in [0.717, 1.165) is 30.7 Å². The topological polar surface area (TPSA) is 12.0 Å². The summed E-state index contributed by atoms with van der Waals surface area (Å²) in [6.45, 7) is 9.13. The molecule has 1 aromatic rings. The summed E-state index contributed by atoms with van der Waals surface area (Å²) in [6, 6.07) is 5.53. The van der Waals surface area contributed by atoms with Crippen molar-refractivity contribution in [2.24, 2.45) is 5.41 Å². The fourth-order valence-corrected chi connectivity index (χ4v) is 2.12. The van der Waals surface area contributed by atoms with Gasteiger partial charge in [-0.15, -0.1) is 0 Å². The highest BCUT2D eigenvalue weighted by molar-refractivity contribution is 5.28. The summed E-state index contributed by atoms with van der Waals surface area (Å²) in [7, 11) is 0. The molecule has 0 fully saturated rings. The van der Waals surface area contributed by atoms with Crippen molar-refractivity contribution in [3.8, 4) is 0 Å². The molecule has 0 aromatic heterocycles. The minimum Gasteiger partial charge on any atom is -0.310 e. The number of nitrogens with one attached hydrogen (secondary N) is 1. The van der Waals surface area contributed by atoms with Crippen LogP contribution in [0.3, 0.4) is 0 Å². The standard InChI is InChI=1S/C15H22F3N/c1-5-14(3,4)13(19-6-2)11-7-9-12(10-8-11)15(16,17)18/h7-10,13,19H,5-6H2,1-4H3. The number of hydrogen-bond donors (Lipinski definition) is 1. The Labute approximate surface area is 113 Å². The summed E-state index contributed by atoms with van der Waals surface area (Å²) in [6.07, 6.45) is -3.32. The summed E-state index contributed by atoms with van der Waals surface area (Å²) < 4.78 is 37.7. The van der Waals surface area contributed by atoms with Gasteiger partial charge >= 0.3 is 6.18 Å². The Morgan fingerprint density at radius 3 is 1.95 bits per heavy atom. The first-order valence-electron chi connectivity index (χ1n) is 6.63. The van der Waals surface area contributed by atoms with Crippen LogP contribution < -0.4 is 5.32 Å². The van der Waals surface area contributed by atoms with E-state index in [4.69, 9.17) is 0 Å². The SMILES string of the molecule is CCNC(c1ccc(C(F)(F)F)cc1)C(C)(C)CC. The number of rotatable bonds is 5. The Hall–Kier alpha value is -1.03. The van der Waals surface area contributed by atoms with Gasteiger partial charge in [-0.1, -0.05) is 39.8 Å². The van der Waals surface area contributed by atoms with Crippen LogP contribution in [0.15, 0.2) is 24.3 Å². The molecule has 0 aliphatic rings. The Balaban J connectivity index is 3.05. The normalized spacial score (nSPS) is 14.5. The van der Waals surface area contributed by atoms with E-state index in [0.29, 0.717) is 0 Å². The Kier molecular flexibility index (Phi) is 5.02. The molecule has 1 atom stereocenters. The van der Waals surface area contributed by atoms with Crippen LogP contribution in [-0.2, 0) is 6.18 Å². The molecule has 0 bridgehead atoms. The van der Waals surface area contributed by atoms with Gasteiger partial charge in [0.25, 0.3) is 0 Å². The highest BCUT2D eigenvalue weighted by Gasteiger charge is 2.32. The zero-order valence-corrected chi connectivity index (χ0v) is 11.9. The van der Waals surface area contributed by atoms with E-state index < -0.39 is 11.7 Å². The molecule has 0 radical (unpaired) electrons. The predicted octanol–water partition coefficient (Wildman–Crippen LogP) is 4.79. The summed E-state index contributed by atoms with van der Waals surface area (Å²) >= 11 is 0. The molecule has 1 N–H and O–H groups in total. The molecular formula is C15H22F3N. The van der Waals surface area contributed by atoms with Crippen molar-refractivity contribution in [2.45, 2.75) is 46.3 Å². The van der Waals surface area contributed by atoms with Crippen molar-refractivity contribution < 1.29 is 13.2 Å². The fourth-order valence-electron chi connectivity index (χ4n) is 2.12. The third-order valence-corrected chi connectivity index (χ3v) is 3.67. The lowest BCUT2D eigenvalue weighted by Crippen LogP contribution is -2.33. The fraction of sp³-hybridized carbons (Fsp3) is 0.600. The molecular weight excluding hydrogens is 251 g/mol. The van der Waals surface area contributed by atoms with Crippen molar-refractivity contribution in [3.63, 3.8) is 0 Å². The molecule has 4 heteroatoms. The van der Waals surface area contributed by atoms with Crippen LogP contribution in [0.25, 0.3) is 0 Å². The number of benzene rings is 1. The van der Waals surface area contributed by atoms with Crippen LogP contribution in [0.1, 0.15) is 51.3 Å². The van der Waals surface area contributed by atoms with Crippen LogP contribution in [0, 0.1) is 5.41 Å². The third kappa shape index (κ3) is 3.96. The second kappa shape index (κ2) is 5.95. The van der Waals surface area contributed by atoms with Crippen molar-refractivity contribution in [1.82, 2.24) is 5.32 Å². The van der Waals surface area contributed by atoms with Gasteiger partial charge in [-0.05, 0) is 36.1 Å². The third-order valence-electron chi connectivity index (χ3n) is 3.67. The molecule has 1 unspecified atom stereocenters. The van der Waals surface area contributed by atoms with Gasteiger partial charge in [-0.3, -0.25) is 0 Å².